The van der Waals surface area contributed by atoms with Gasteiger partial charge in [-0.15, -0.1) is 0 Å². The van der Waals surface area contributed by atoms with E-state index in [-0.39, 0.29) is 12.1 Å². The third-order valence-electron chi connectivity index (χ3n) is 2.96. The highest BCUT2D eigenvalue weighted by Crippen LogP contribution is 2.47. The SMILES string of the molecule is NCC1(c2ccc(CF)cc2)CC1. The van der Waals surface area contributed by atoms with Gasteiger partial charge in [0.25, 0.3) is 0 Å². The molecule has 0 bridgehead atoms. The molecule has 0 unspecified atom stereocenters. The van der Waals surface area contributed by atoms with Crippen LogP contribution >= 0.6 is 0 Å². The molecule has 1 aliphatic rings. The van der Waals surface area contributed by atoms with E-state index < -0.39 is 0 Å². The highest BCUT2D eigenvalue weighted by molar-refractivity contribution is 5.33. The number of rotatable bonds is 3. The molecule has 1 aliphatic carbocycles. The molecule has 0 atom stereocenters. The van der Waals surface area contributed by atoms with Gasteiger partial charge in [-0.3, -0.25) is 0 Å². The van der Waals surface area contributed by atoms with Gasteiger partial charge in [0.1, 0.15) is 6.67 Å². The van der Waals surface area contributed by atoms with Crippen LogP contribution in [0.5, 0.6) is 0 Å². The normalized spacial score (nSPS) is 18.6. The van der Waals surface area contributed by atoms with Gasteiger partial charge in [-0.25, -0.2) is 4.39 Å². The van der Waals surface area contributed by atoms with Crippen LogP contribution in [0.15, 0.2) is 24.3 Å². The summed E-state index contributed by atoms with van der Waals surface area (Å²) < 4.78 is 12.2. The molecule has 2 N–H and O–H groups in total. The molecule has 2 rings (SSSR count). The van der Waals surface area contributed by atoms with Gasteiger partial charge in [-0.05, 0) is 24.0 Å². The molecule has 2 heteroatoms. The lowest BCUT2D eigenvalue weighted by molar-refractivity contribution is 0.485. The van der Waals surface area contributed by atoms with Gasteiger partial charge >= 0.3 is 0 Å². The smallest absolute Gasteiger partial charge is 0.115 e. The van der Waals surface area contributed by atoms with E-state index in [0.717, 1.165) is 5.56 Å². The summed E-state index contributed by atoms with van der Waals surface area (Å²) in [6, 6.07) is 7.72. The van der Waals surface area contributed by atoms with Crippen molar-refractivity contribution in [2.45, 2.75) is 24.9 Å². The van der Waals surface area contributed by atoms with Crippen molar-refractivity contribution in [3.63, 3.8) is 0 Å². The molecule has 0 aliphatic heterocycles. The Labute approximate surface area is 77.8 Å². The van der Waals surface area contributed by atoms with Crippen LogP contribution in [-0.2, 0) is 12.1 Å². The molecule has 0 spiro atoms. The van der Waals surface area contributed by atoms with Crippen LogP contribution in [0.2, 0.25) is 0 Å². The molecule has 70 valence electrons. The zero-order valence-corrected chi connectivity index (χ0v) is 7.59. The average Bonchev–Trinajstić information content (AvgIpc) is 2.99. The average molecular weight is 179 g/mol. The Morgan fingerprint density at radius 2 is 1.85 bits per heavy atom. The number of alkyl halides is 1. The summed E-state index contributed by atoms with van der Waals surface area (Å²) in [7, 11) is 0. The summed E-state index contributed by atoms with van der Waals surface area (Å²) in [6.45, 7) is 0.331. The topological polar surface area (TPSA) is 26.0 Å². The van der Waals surface area contributed by atoms with Crippen LogP contribution in [0.1, 0.15) is 24.0 Å². The molecular formula is C11H14FN. The van der Waals surface area contributed by atoms with E-state index >= 15 is 0 Å². The van der Waals surface area contributed by atoms with Gasteiger partial charge in [0.05, 0.1) is 0 Å². The lowest BCUT2D eigenvalue weighted by Gasteiger charge is -2.12. The van der Waals surface area contributed by atoms with E-state index in [1.54, 1.807) is 0 Å². The number of hydrogen-bond donors (Lipinski definition) is 1. The first-order valence-electron chi connectivity index (χ1n) is 4.66. The van der Waals surface area contributed by atoms with Crippen LogP contribution in [0.25, 0.3) is 0 Å². The Morgan fingerprint density at radius 1 is 1.23 bits per heavy atom. The molecular weight excluding hydrogens is 165 g/mol. The van der Waals surface area contributed by atoms with Crippen molar-refractivity contribution in [3.05, 3.63) is 35.4 Å². The number of benzene rings is 1. The van der Waals surface area contributed by atoms with Gasteiger partial charge in [0.2, 0.25) is 0 Å². The predicted molar refractivity (Wildman–Crippen MR) is 51.2 cm³/mol. The van der Waals surface area contributed by atoms with Crippen LogP contribution in [-0.4, -0.2) is 6.54 Å². The largest absolute Gasteiger partial charge is 0.330 e. The fraction of sp³-hybridized carbons (Fsp3) is 0.455. The molecule has 1 fully saturated rings. The van der Waals surface area contributed by atoms with E-state index in [1.165, 1.54) is 18.4 Å². The molecule has 1 saturated carbocycles. The van der Waals surface area contributed by atoms with Crippen molar-refractivity contribution in [2.75, 3.05) is 6.54 Å². The summed E-state index contributed by atoms with van der Waals surface area (Å²) >= 11 is 0. The maximum atomic E-state index is 12.2. The molecule has 0 amide bonds. The standard InChI is InChI=1S/C11H14FN/c12-7-9-1-3-10(4-2-9)11(8-13)5-6-11/h1-4H,5-8,13H2. The second-order valence-corrected chi connectivity index (χ2v) is 3.82. The molecule has 0 saturated heterocycles. The Bertz CT molecular complexity index is 287. The van der Waals surface area contributed by atoms with Crippen molar-refractivity contribution >= 4 is 0 Å². The summed E-state index contributed by atoms with van der Waals surface area (Å²) in [6.07, 6.45) is 2.36. The van der Waals surface area contributed by atoms with Gasteiger partial charge in [0, 0.05) is 12.0 Å². The first-order chi connectivity index (χ1) is 6.30. The van der Waals surface area contributed by atoms with Gasteiger partial charge in [0.15, 0.2) is 0 Å². The summed E-state index contributed by atoms with van der Waals surface area (Å²) in [5, 5.41) is 0. The number of hydrogen-bond acceptors (Lipinski definition) is 1. The van der Waals surface area contributed by atoms with E-state index in [4.69, 9.17) is 5.73 Å². The van der Waals surface area contributed by atoms with Crippen molar-refractivity contribution in [1.29, 1.82) is 0 Å². The number of halogens is 1. The Hall–Kier alpha value is -0.890. The van der Waals surface area contributed by atoms with E-state index in [2.05, 4.69) is 0 Å². The first kappa shape index (κ1) is 8.70. The zero-order chi connectivity index (χ0) is 9.31. The third kappa shape index (κ3) is 1.46. The monoisotopic (exact) mass is 179 g/mol. The highest BCUT2D eigenvalue weighted by atomic mass is 19.1. The van der Waals surface area contributed by atoms with Crippen molar-refractivity contribution in [2.24, 2.45) is 5.73 Å². The van der Waals surface area contributed by atoms with Crippen LogP contribution < -0.4 is 5.73 Å². The molecule has 0 radical (unpaired) electrons. The minimum Gasteiger partial charge on any atom is -0.330 e. The fourth-order valence-corrected chi connectivity index (χ4v) is 1.71. The van der Waals surface area contributed by atoms with E-state index in [9.17, 15) is 4.39 Å². The molecule has 13 heavy (non-hydrogen) atoms. The quantitative estimate of drug-likeness (QED) is 0.756. The lowest BCUT2D eigenvalue weighted by Crippen LogP contribution is -2.19. The van der Waals surface area contributed by atoms with E-state index in [1.807, 2.05) is 24.3 Å². The Kier molecular flexibility index (Phi) is 2.08. The third-order valence-corrected chi connectivity index (χ3v) is 2.96. The van der Waals surface area contributed by atoms with Crippen molar-refractivity contribution in [1.82, 2.24) is 0 Å². The second kappa shape index (κ2) is 3.11. The molecule has 1 aromatic carbocycles. The summed E-state index contributed by atoms with van der Waals surface area (Å²) in [5.74, 6) is 0. The minimum absolute atomic E-state index is 0.231. The first-order valence-corrected chi connectivity index (χ1v) is 4.66. The number of nitrogens with two attached hydrogens (primary N) is 1. The Morgan fingerprint density at radius 3 is 2.23 bits per heavy atom. The highest BCUT2D eigenvalue weighted by Gasteiger charge is 2.42. The minimum atomic E-state index is -0.379. The summed E-state index contributed by atoms with van der Waals surface area (Å²) in [5.41, 5.74) is 7.95. The fourth-order valence-electron chi connectivity index (χ4n) is 1.71. The molecule has 1 aromatic rings. The molecule has 0 aromatic heterocycles. The van der Waals surface area contributed by atoms with Crippen LogP contribution in [0.4, 0.5) is 4.39 Å². The molecule has 1 nitrogen and oxygen atoms in total. The zero-order valence-electron chi connectivity index (χ0n) is 7.59. The van der Waals surface area contributed by atoms with E-state index in [0.29, 0.717) is 6.54 Å². The van der Waals surface area contributed by atoms with Crippen LogP contribution in [0, 0.1) is 0 Å². The van der Waals surface area contributed by atoms with Crippen molar-refractivity contribution in [3.8, 4) is 0 Å². The lowest BCUT2D eigenvalue weighted by atomic mass is 9.95. The second-order valence-electron chi connectivity index (χ2n) is 3.82. The summed E-state index contributed by atoms with van der Waals surface area (Å²) in [4.78, 5) is 0. The maximum absolute atomic E-state index is 12.2. The Balaban J connectivity index is 2.23. The maximum Gasteiger partial charge on any atom is 0.115 e. The van der Waals surface area contributed by atoms with Gasteiger partial charge in [-0.2, -0.15) is 0 Å². The van der Waals surface area contributed by atoms with Gasteiger partial charge in [-0.1, -0.05) is 24.3 Å². The van der Waals surface area contributed by atoms with Crippen LogP contribution in [0.3, 0.4) is 0 Å². The van der Waals surface area contributed by atoms with Gasteiger partial charge < -0.3 is 5.73 Å². The predicted octanol–water partition coefficient (Wildman–Crippen LogP) is 2.15. The molecule has 0 heterocycles. The van der Waals surface area contributed by atoms with Crippen molar-refractivity contribution < 1.29 is 4.39 Å².